The van der Waals surface area contributed by atoms with Crippen LogP contribution in [0.1, 0.15) is 22.1 Å². The second-order valence-corrected chi connectivity index (χ2v) is 9.42. The number of thioether (sulfide) groups is 1. The van der Waals surface area contributed by atoms with Gasteiger partial charge in [-0.1, -0.05) is 66.4 Å². The Bertz CT molecular complexity index is 1550. The summed E-state index contributed by atoms with van der Waals surface area (Å²) >= 11 is 1.15. The van der Waals surface area contributed by atoms with E-state index in [2.05, 4.69) is 15.5 Å². The molecule has 1 atom stereocenters. The van der Waals surface area contributed by atoms with Gasteiger partial charge in [-0.25, -0.2) is 0 Å². The number of aryl methyl sites for hydroxylation is 1. The molecule has 0 radical (unpaired) electrons. The molecule has 5 rings (SSSR count). The van der Waals surface area contributed by atoms with Gasteiger partial charge in [-0.2, -0.15) is 13.2 Å². The minimum absolute atomic E-state index is 0.0468. The van der Waals surface area contributed by atoms with E-state index in [1.807, 2.05) is 47.9 Å². The van der Waals surface area contributed by atoms with Gasteiger partial charge in [-0.05, 0) is 48.9 Å². The number of amides is 1. The van der Waals surface area contributed by atoms with Crippen LogP contribution in [0.25, 0.3) is 17.1 Å². The van der Waals surface area contributed by atoms with Gasteiger partial charge in [0.1, 0.15) is 11.0 Å². The zero-order valence-electron chi connectivity index (χ0n) is 20.0. The summed E-state index contributed by atoms with van der Waals surface area (Å²) in [5.74, 6) is 0.701. The van der Waals surface area contributed by atoms with Crippen molar-refractivity contribution in [2.75, 3.05) is 5.32 Å². The number of nitrogens with one attached hydrogen (secondary N) is 1. The largest absolute Gasteiger partial charge is 0.469 e. The molecule has 0 saturated heterocycles. The van der Waals surface area contributed by atoms with Crippen LogP contribution in [0.4, 0.5) is 18.9 Å². The molecule has 192 valence electrons. The Morgan fingerprint density at radius 2 is 1.66 bits per heavy atom. The van der Waals surface area contributed by atoms with Crippen molar-refractivity contribution < 1.29 is 22.4 Å². The van der Waals surface area contributed by atoms with E-state index in [-0.39, 0.29) is 5.69 Å². The van der Waals surface area contributed by atoms with Gasteiger partial charge in [0.25, 0.3) is 0 Å². The van der Waals surface area contributed by atoms with Gasteiger partial charge < -0.3 is 9.73 Å². The lowest BCUT2D eigenvalue weighted by molar-refractivity contribution is -0.137. The standard InChI is InChI=1S/C28H21F3N4O2S/c1-18-23(15-16-37-18)25-33-34-27(35(25)22-13-6-3-7-14-22)38-24(19-9-4-2-5-10-19)26(36)32-21-12-8-11-20(17-21)28(29,30)31/h2-17,24H,1H3,(H,32,36)/t24-/m0/s1. The van der Waals surface area contributed by atoms with Crippen molar-refractivity contribution in [1.82, 2.24) is 14.8 Å². The smallest absolute Gasteiger partial charge is 0.416 e. The van der Waals surface area contributed by atoms with Gasteiger partial charge in [0.15, 0.2) is 11.0 Å². The van der Waals surface area contributed by atoms with Gasteiger partial charge >= 0.3 is 6.18 Å². The predicted molar refractivity (Wildman–Crippen MR) is 139 cm³/mol. The molecule has 0 bridgehead atoms. The monoisotopic (exact) mass is 534 g/mol. The average Bonchev–Trinajstić information content (AvgIpc) is 3.53. The summed E-state index contributed by atoms with van der Waals surface area (Å²) in [5, 5.41) is 11.0. The Hall–Kier alpha value is -4.31. The molecule has 5 aromatic rings. The van der Waals surface area contributed by atoms with Crippen molar-refractivity contribution in [2.24, 2.45) is 0 Å². The van der Waals surface area contributed by atoms with Gasteiger partial charge in [0.2, 0.25) is 5.91 Å². The molecule has 1 N–H and O–H groups in total. The first-order valence-corrected chi connectivity index (χ1v) is 12.4. The molecule has 0 saturated carbocycles. The van der Waals surface area contributed by atoms with Crippen LogP contribution in [0, 0.1) is 6.92 Å². The minimum Gasteiger partial charge on any atom is -0.469 e. The van der Waals surface area contributed by atoms with Crippen LogP contribution in [0.15, 0.2) is 107 Å². The Balaban J connectivity index is 1.54. The number of carbonyl (C=O) groups excluding carboxylic acids is 1. The number of para-hydroxylation sites is 1. The molecule has 3 aromatic carbocycles. The van der Waals surface area contributed by atoms with Crippen molar-refractivity contribution in [3.63, 3.8) is 0 Å². The SMILES string of the molecule is Cc1occc1-c1nnc(S[C@H](C(=O)Nc2cccc(C(F)(F)F)c2)c2ccccc2)n1-c1ccccc1. The van der Waals surface area contributed by atoms with E-state index in [0.717, 1.165) is 35.1 Å². The van der Waals surface area contributed by atoms with Crippen LogP contribution < -0.4 is 5.32 Å². The predicted octanol–water partition coefficient (Wildman–Crippen LogP) is 7.33. The first kappa shape index (κ1) is 25.3. The van der Waals surface area contributed by atoms with Crippen LogP contribution in [0.5, 0.6) is 0 Å². The molecule has 0 aliphatic rings. The van der Waals surface area contributed by atoms with Gasteiger partial charge in [-0.15, -0.1) is 10.2 Å². The molecule has 0 unspecified atom stereocenters. The molecule has 2 heterocycles. The number of aromatic nitrogens is 3. The number of carbonyl (C=O) groups is 1. The molecule has 0 aliphatic carbocycles. The lowest BCUT2D eigenvalue weighted by Gasteiger charge is -2.18. The summed E-state index contributed by atoms with van der Waals surface area (Å²) in [7, 11) is 0. The van der Waals surface area contributed by atoms with Gasteiger partial charge in [0, 0.05) is 11.4 Å². The molecule has 6 nitrogen and oxygen atoms in total. The highest BCUT2D eigenvalue weighted by Crippen LogP contribution is 2.39. The van der Waals surface area contributed by atoms with E-state index in [0.29, 0.717) is 22.3 Å². The number of furan rings is 1. The minimum atomic E-state index is -4.53. The third kappa shape index (κ3) is 5.35. The van der Waals surface area contributed by atoms with E-state index < -0.39 is 22.9 Å². The fraction of sp³-hybridized carbons (Fsp3) is 0.107. The molecule has 38 heavy (non-hydrogen) atoms. The first-order valence-electron chi connectivity index (χ1n) is 11.6. The summed E-state index contributed by atoms with van der Waals surface area (Å²) in [4.78, 5) is 13.5. The lowest BCUT2D eigenvalue weighted by Crippen LogP contribution is -2.20. The molecule has 10 heteroatoms. The van der Waals surface area contributed by atoms with Gasteiger partial charge in [0.05, 0.1) is 17.4 Å². The van der Waals surface area contributed by atoms with E-state index in [4.69, 9.17) is 4.42 Å². The number of hydrogen-bond donors (Lipinski definition) is 1. The van der Waals surface area contributed by atoms with Crippen molar-refractivity contribution in [2.45, 2.75) is 23.5 Å². The Labute approximate surface area is 220 Å². The molecular weight excluding hydrogens is 513 g/mol. The maximum Gasteiger partial charge on any atom is 0.416 e. The Morgan fingerprint density at radius 3 is 2.32 bits per heavy atom. The number of anilines is 1. The van der Waals surface area contributed by atoms with Crippen LogP contribution in [0.3, 0.4) is 0 Å². The Kier molecular flexibility index (Phi) is 7.06. The quantitative estimate of drug-likeness (QED) is 0.221. The number of halogens is 3. The second-order valence-electron chi connectivity index (χ2n) is 8.34. The highest BCUT2D eigenvalue weighted by molar-refractivity contribution is 8.00. The topological polar surface area (TPSA) is 72.9 Å². The van der Waals surface area contributed by atoms with Crippen LogP contribution in [0.2, 0.25) is 0 Å². The third-order valence-electron chi connectivity index (χ3n) is 5.77. The summed E-state index contributed by atoms with van der Waals surface area (Å²) in [5.41, 5.74) is 1.39. The number of benzene rings is 3. The van der Waals surface area contributed by atoms with Crippen molar-refractivity contribution >= 4 is 23.4 Å². The number of alkyl halides is 3. The molecule has 2 aromatic heterocycles. The van der Waals surface area contributed by atoms with Crippen molar-refractivity contribution in [1.29, 1.82) is 0 Å². The molecule has 0 aliphatic heterocycles. The fourth-order valence-corrected chi connectivity index (χ4v) is 4.99. The summed E-state index contributed by atoms with van der Waals surface area (Å²) in [6.07, 6.45) is -2.96. The summed E-state index contributed by atoms with van der Waals surface area (Å²) < 4.78 is 47.0. The Morgan fingerprint density at radius 1 is 0.947 bits per heavy atom. The van der Waals surface area contributed by atoms with Crippen LogP contribution >= 0.6 is 11.8 Å². The van der Waals surface area contributed by atoms with Crippen molar-refractivity contribution in [3.05, 3.63) is 114 Å². The zero-order valence-corrected chi connectivity index (χ0v) is 20.8. The fourth-order valence-electron chi connectivity index (χ4n) is 3.93. The lowest BCUT2D eigenvalue weighted by atomic mass is 10.1. The number of nitrogens with zero attached hydrogens (tertiary/aromatic N) is 3. The third-order valence-corrected chi connectivity index (χ3v) is 6.97. The molecule has 1 amide bonds. The van der Waals surface area contributed by atoms with E-state index in [1.165, 1.54) is 12.1 Å². The maximum atomic E-state index is 13.5. The maximum absolute atomic E-state index is 13.5. The second kappa shape index (κ2) is 10.6. The van der Waals surface area contributed by atoms with Crippen LogP contribution in [-0.2, 0) is 11.0 Å². The average molecular weight is 535 g/mol. The molecule has 0 fully saturated rings. The van der Waals surface area contributed by atoms with Crippen LogP contribution in [-0.4, -0.2) is 20.7 Å². The molecule has 0 spiro atoms. The highest BCUT2D eigenvalue weighted by atomic mass is 32.2. The zero-order chi connectivity index (χ0) is 26.7. The number of hydrogen-bond acceptors (Lipinski definition) is 5. The van der Waals surface area contributed by atoms with Crippen molar-refractivity contribution in [3.8, 4) is 17.1 Å². The first-order chi connectivity index (χ1) is 18.3. The highest BCUT2D eigenvalue weighted by Gasteiger charge is 2.31. The van der Waals surface area contributed by atoms with E-state index >= 15 is 0 Å². The summed E-state index contributed by atoms with van der Waals surface area (Å²) in [6.45, 7) is 1.82. The number of rotatable bonds is 7. The van der Waals surface area contributed by atoms with E-state index in [9.17, 15) is 18.0 Å². The molecular formula is C28H21F3N4O2S. The van der Waals surface area contributed by atoms with E-state index in [1.54, 1.807) is 36.6 Å². The normalized spacial score (nSPS) is 12.3. The van der Waals surface area contributed by atoms with Gasteiger partial charge in [-0.3, -0.25) is 9.36 Å². The summed E-state index contributed by atoms with van der Waals surface area (Å²) in [6, 6.07) is 24.8.